The molecule has 0 aromatic heterocycles. The molecule has 68 valence electrons. The van der Waals surface area contributed by atoms with Gasteiger partial charge >= 0.3 is 0 Å². The standard InChI is InChI=1S/C8H19NOS/c1-4-5-11(10)6-8(9)7(2)3/h7-8H,4-6,9H2,1-3H3. The van der Waals surface area contributed by atoms with Gasteiger partial charge in [0, 0.05) is 28.3 Å². The van der Waals surface area contributed by atoms with Crippen LogP contribution in [0.15, 0.2) is 0 Å². The normalized spacial score (nSPS) is 16.8. The van der Waals surface area contributed by atoms with Gasteiger partial charge in [-0.3, -0.25) is 4.21 Å². The maximum absolute atomic E-state index is 11.2. The average molecular weight is 177 g/mol. The Morgan fingerprint density at radius 1 is 1.45 bits per heavy atom. The molecule has 0 aliphatic rings. The number of nitrogens with two attached hydrogens (primary N) is 1. The number of hydrogen-bond acceptors (Lipinski definition) is 2. The van der Waals surface area contributed by atoms with Crippen molar-refractivity contribution in [1.29, 1.82) is 0 Å². The lowest BCUT2D eigenvalue weighted by Crippen LogP contribution is -2.32. The molecule has 2 atom stereocenters. The van der Waals surface area contributed by atoms with Crippen LogP contribution in [0.25, 0.3) is 0 Å². The van der Waals surface area contributed by atoms with Crippen LogP contribution in [0.1, 0.15) is 27.2 Å². The van der Waals surface area contributed by atoms with Crippen LogP contribution in [0.2, 0.25) is 0 Å². The average Bonchev–Trinajstić information content (AvgIpc) is 1.87. The number of hydrogen-bond donors (Lipinski definition) is 1. The van der Waals surface area contributed by atoms with E-state index >= 15 is 0 Å². The van der Waals surface area contributed by atoms with Crippen molar-refractivity contribution in [1.82, 2.24) is 0 Å². The van der Waals surface area contributed by atoms with Gasteiger partial charge in [-0.15, -0.1) is 0 Å². The molecular weight excluding hydrogens is 158 g/mol. The Morgan fingerprint density at radius 2 is 2.00 bits per heavy atom. The summed E-state index contributed by atoms with van der Waals surface area (Å²) in [5.74, 6) is 1.89. The highest BCUT2D eigenvalue weighted by molar-refractivity contribution is 7.85. The molecule has 0 aliphatic heterocycles. The largest absolute Gasteiger partial charge is 0.327 e. The molecule has 0 amide bonds. The smallest absolute Gasteiger partial charge is 0.0389 e. The van der Waals surface area contributed by atoms with Crippen molar-refractivity contribution in [2.24, 2.45) is 11.7 Å². The van der Waals surface area contributed by atoms with Gasteiger partial charge in [-0.05, 0) is 12.3 Å². The lowest BCUT2D eigenvalue weighted by molar-refractivity contribution is 0.530. The second kappa shape index (κ2) is 5.72. The molecule has 2 nitrogen and oxygen atoms in total. The molecular formula is C8H19NOS. The summed E-state index contributed by atoms with van der Waals surface area (Å²) >= 11 is 0. The van der Waals surface area contributed by atoms with Crippen molar-refractivity contribution in [2.45, 2.75) is 33.2 Å². The van der Waals surface area contributed by atoms with Crippen LogP contribution in [0.5, 0.6) is 0 Å². The van der Waals surface area contributed by atoms with Crippen LogP contribution in [-0.2, 0) is 10.8 Å². The minimum atomic E-state index is -0.696. The van der Waals surface area contributed by atoms with E-state index in [-0.39, 0.29) is 6.04 Å². The molecule has 0 aliphatic carbocycles. The van der Waals surface area contributed by atoms with Gasteiger partial charge in [0.1, 0.15) is 0 Å². The molecule has 0 spiro atoms. The molecule has 3 heteroatoms. The van der Waals surface area contributed by atoms with E-state index in [9.17, 15) is 4.21 Å². The second-order valence-corrected chi connectivity index (χ2v) is 4.84. The fourth-order valence-corrected chi connectivity index (χ4v) is 2.15. The van der Waals surface area contributed by atoms with Crippen molar-refractivity contribution in [3.8, 4) is 0 Å². The molecule has 0 saturated carbocycles. The van der Waals surface area contributed by atoms with Gasteiger partial charge in [-0.1, -0.05) is 20.8 Å². The van der Waals surface area contributed by atoms with Crippen molar-refractivity contribution in [3.63, 3.8) is 0 Å². The van der Waals surface area contributed by atoms with Crippen molar-refractivity contribution < 1.29 is 4.21 Å². The Balaban J connectivity index is 3.57. The van der Waals surface area contributed by atoms with Crippen LogP contribution >= 0.6 is 0 Å². The Kier molecular flexibility index (Phi) is 5.78. The molecule has 0 heterocycles. The quantitative estimate of drug-likeness (QED) is 0.684. The molecule has 0 rings (SSSR count). The fourth-order valence-electron chi connectivity index (χ4n) is 0.718. The van der Waals surface area contributed by atoms with Gasteiger partial charge in [0.05, 0.1) is 0 Å². The molecule has 2 unspecified atom stereocenters. The topological polar surface area (TPSA) is 43.1 Å². The highest BCUT2D eigenvalue weighted by atomic mass is 32.2. The minimum Gasteiger partial charge on any atom is -0.327 e. The molecule has 0 aromatic carbocycles. The number of rotatable bonds is 5. The van der Waals surface area contributed by atoms with E-state index in [1.807, 2.05) is 6.92 Å². The van der Waals surface area contributed by atoms with E-state index in [4.69, 9.17) is 5.73 Å². The SMILES string of the molecule is CCCS(=O)CC(N)C(C)C. The van der Waals surface area contributed by atoms with E-state index in [0.29, 0.717) is 11.7 Å². The van der Waals surface area contributed by atoms with Crippen LogP contribution in [-0.4, -0.2) is 21.8 Å². The first-order chi connectivity index (χ1) is 5.07. The molecule has 0 aromatic rings. The Hall–Kier alpha value is 0.110. The summed E-state index contributed by atoms with van der Waals surface area (Å²) in [4.78, 5) is 0. The highest BCUT2D eigenvalue weighted by Crippen LogP contribution is 2.00. The summed E-state index contributed by atoms with van der Waals surface area (Å²) in [6, 6.07) is 0.0994. The summed E-state index contributed by atoms with van der Waals surface area (Å²) < 4.78 is 11.2. The molecule has 0 radical (unpaired) electrons. The molecule has 0 fully saturated rings. The van der Waals surface area contributed by atoms with Crippen LogP contribution in [0, 0.1) is 5.92 Å². The summed E-state index contributed by atoms with van der Waals surface area (Å²) in [6.07, 6.45) is 0.984. The first-order valence-corrected chi connectivity index (χ1v) is 5.67. The lowest BCUT2D eigenvalue weighted by atomic mass is 10.1. The van der Waals surface area contributed by atoms with Gasteiger partial charge in [0.15, 0.2) is 0 Å². The third kappa shape index (κ3) is 5.39. The molecule has 0 saturated heterocycles. The van der Waals surface area contributed by atoms with Crippen LogP contribution in [0.4, 0.5) is 0 Å². The minimum absolute atomic E-state index is 0.0994. The van der Waals surface area contributed by atoms with Crippen LogP contribution < -0.4 is 5.73 Å². The van der Waals surface area contributed by atoms with Gasteiger partial charge in [0.25, 0.3) is 0 Å². The van der Waals surface area contributed by atoms with E-state index in [1.54, 1.807) is 0 Å². The maximum Gasteiger partial charge on any atom is 0.0389 e. The predicted molar refractivity (Wildman–Crippen MR) is 51.0 cm³/mol. The first kappa shape index (κ1) is 11.1. The summed E-state index contributed by atoms with van der Waals surface area (Å²) in [5, 5.41) is 0. The summed E-state index contributed by atoms with van der Waals surface area (Å²) in [7, 11) is -0.696. The zero-order chi connectivity index (χ0) is 8.85. The highest BCUT2D eigenvalue weighted by Gasteiger charge is 2.10. The molecule has 11 heavy (non-hydrogen) atoms. The van der Waals surface area contributed by atoms with Crippen molar-refractivity contribution in [3.05, 3.63) is 0 Å². The fraction of sp³-hybridized carbons (Fsp3) is 1.00. The van der Waals surface area contributed by atoms with Crippen molar-refractivity contribution >= 4 is 10.8 Å². The zero-order valence-corrected chi connectivity index (χ0v) is 8.49. The Labute approximate surface area is 72.0 Å². The monoisotopic (exact) mass is 177 g/mol. The van der Waals surface area contributed by atoms with E-state index in [1.165, 1.54) is 0 Å². The third-order valence-electron chi connectivity index (χ3n) is 1.67. The zero-order valence-electron chi connectivity index (χ0n) is 7.67. The van der Waals surface area contributed by atoms with Crippen molar-refractivity contribution in [2.75, 3.05) is 11.5 Å². The third-order valence-corrected chi connectivity index (χ3v) is 3.29. The predicted octanol–water partition coefficient (Wildman–Crippen LogP) is 1.13. The molecule has 0 bridgehead atoms. The first-order valence-electron chi connectivity index (χ1n) is 4.18. The second-order valence-electron chi connectivity index (χ2n) is 3.22. The summed E-state index contributed by atoms with van der Waals surface area (Å²) in [5.41, 5.74) is 5.75. The van der Waals surface area contributed by atoms with E-state index in [0.717, 1.165) is 12.2 Å². The molecule has 2 N–H and O–H groups in total. The lowest BCUT2D eigenvalue weighted by Gasteiger charge is -2.14. The van der Waals surface area contributed by atoms with Gasteiger partial charge in [-0.25, -0.2) is 0 Å². The van der Waals surface area contributed by atoms with Gasteiger partial charge < -0.3 is 5.73 Å². The Bertz CT molecular complexity index is 125. The maximum atomic E-state index is 11.2. The van der Waals surface area contributed by atoms with Crippen LogP contribution in [0.3, 0.4) is 0 Å². The van der Waals surface area contributed by atoms with E-state index in [2.05, 4.69) is 13.8 Å². The van der Waals surface area contributed by atoms with Gasteiger partial charge in [-0.2, -0.15) is 0 Å². The Morgan fingerprint density at radius 3 is 2.36 bits per heavy atom. The summed E-state index contributed by atoms with van der Waals surface area (Å²) in [6.45, 7) is 6.17. The van der Waals surface area contributed by atoms with Gasteiger partial charge in [0.2, 0.25) is 0 Å². The van der Waals surface area contributed by atoms with E-state index < -0.39 is 10.8 Å².